The Morgan fingerprint density at radius 3 is 2.52 bits per heavy atom. The third-order valence-electron chi connectivity index (χ3n) is 4.13. The van der Waals surface area contributed by atoms with Gasteiger partial charge in [-0.15, -0.1) is 0 Å². The normalized spacial score (nSPS) is 19.2. The van der Waals surface area contributed by atoms with Crippen LogP contribution in [0.2, 0.25) is 0 Å². The number of carbonyl (C=O) groups is 2. The molecule has 2 aliphatic heterocycles. The highest BCUT2D eigenvalue weighted by Crippen LogP contribution is 2.26. The van der Waals surface area contributed by atoms with E-state index in [4.69, 9.17) is 0 Å². The van der Waals surface area contributed by atoms with E-state index in [1.54, 1.807) is 12.1 Å². The molecule has 1 fully saturated rings. The first-order valence-electron chi connectivity index (χ1n) is 7.64. The minimum atomic E-state index is -0.385. The van der Waals surface area contributed by atoms with Crippen LogP contribution in [0, 0.1) is 18.3 Å². The zero-order chi connectivity index (χ0) is 16.4. The average molecular weight is 307 g/mol. The summed E-state index contributed by atoms with van der Waals surface area (Å²) in [7, 11) is 0. The molecular weight excluding hydrogens is 290 g/mol. The molecular formula is C18H17N3O2. The van der Waals surface area contributed by atoms with Gasteiger partial charge in [0, 0.05) is 24.7 Å². The van der Waals surface area contributed by atoms with Crippen LogP contribution in [-0.4, -0.2) is 29.7 Å². The van der Waals surface area contributed by atoms with Gasteiger partial charge in [0.2, 0.25) is 0 Å². The maximum absolute atomic E-state index is 12.3. The van der Waals surface area contributed by atoms with Crippen LogP contribution >= 0.6 is 0 Å². The lowest BCUT2D eigenvalue weighted by molar-refractivity contribution is -0.116. The van der Waals surface area contributed by atoms with Crippen LogP contribution in [0.5, 0.6) is 0 Å². The van der Waals surface area contributed by atoms with E-state index in [0.717, 1.165) is 31.5 Å². The molecule has 0 radical (unpaired) electrons. The molecule has 1 aromatic carbocycles. The number of carbonyl (C=O) groups excluding carboxylic acids is 2. The molecule has 0 aliphatic carbocycles. The number of ketones is 1. The second-order valence-corrected chi connectivity index (χ2v) is 5.77. The topological polar surface area (TPSA) is 73.2 Å². The van der Waals surface area contributed by atoms with Crippen molar-refractivity contribution in [1.82, 2.24) is 10.2 Å². The average Bonchev–Trinajstić information content (AvgIpc) is 3.16. The lowest BCUT2D eigenvalue weighted by Crippen LogP contribution is -2.29. The molecule has 23 heavy (non-hydrogen) atoms. The maximum atomic E-state index is 12.3. The fourth-order valence-corrected chi connectivity index (χ4v) is 2.84. The van der Waals surface area contributed by atoms with E-state index < -0.39 is 0 Å². The number of nitriles is 1. The van der Waals surface area contributed by atoms with Crippen molar-refractivity contribution in [2.24, 2.45) is 0 Å². The van der Waals surface area contributed by atoms with Crippen LogP contribution in [0.15, 0.2) is 47.3 Å². The molecule has 0 unspecified atom stereocenters. The van der Waals surface area contributed by atoms with Crippen molar-refractivity contribution >= 4 is 11.7 Å². The first-order valence-corrected chi connectivity index (χ1v) is 7.64. The lowest BCUT2D eigenvalue weighted by atomic mass is 10.0. The second kappa shape index (κ2) is 6.09. The molecule has 5 nitrogen and oxygen atoms in total. The molecule has 3 rings (SSSR count). The fourth-order valence-electron chi connectivity index (χ4n) is 2.84. The molecule has 0 saturated carbocycles. The number of nitrogens with one attached hydrogen (secondary N) is 1. The van der Waals surface area contributed by atoms with E-state index in [9.17, 15) is 14.9 Å². The summed E-state index contributed by atoms with van der Waals surface area (Å²) in [6.07, 6.45) is 3.35. The Morgan fingerprint density at radius 1 is 1.26 bits per heavy atom. The van der Waals surface area contributed by atoms with Crippen molar-refractivity contribution in [2.75, 3.05) is 13.1 Å². The molecule has 116 valence electrons. The first kappa shape index (κ1) is 15.0. The van der Waals surface area contributed by atoms with Crippen molar-refractivity contribution in [3.05, 3.63) is 58.4 Å². The van der Waals surface area contributed by atoms with Gasteiger partial charge in [-0.25, -0.2) is 0 Å². The Balaban J connectivity index is 1.94. The molecule has 0 aromatic heterocycles. The highest BCUT2D eigenvalue weighted by Gasteiger charge is 2.32. The zero-order valence-corrected chi connectivity index (χ0v) is 12.9. The minimum absolute atomic E-state index is 0.153. The molecule has 1 N–H and O–H groups in total. The predicted octanol–water partition coefficient (Wildman–Crippen LogP) is 2.06. The molecule has 1 aromatic rings. The van der Waals surface area contributed by atoms with E-state index >= 15 is 0 Å². The van der Waals surface area contributed by atoms with Gasteiger partial charge in [0.15, 0.2) is 5.78 Å². The molecule has 2 aliphatic rings. The number of hydrogen-bond donors (Lipinski definition) is 1. The summed E-state index contributed by atoms with van der Waals surface area (Å²) < 4.78 is 0. The molecule has 2 heterocycles. The van der Waals surface area contributed by atoms with E-state index in [0.29, 0.717) is 11.4 Å². The molecule has 5 heteroatoms. The van der Waals surface area contributed by atoms with Crippen molar-refractivity contribution in [3.63, 3.8) is 0 Å². The van der Waals surface area contributed by atoms with Gasteiger partial charge in [0.1, 0.15) is 17.5 Å². The summed E-state index contributed by atoms with van der Waals surface area (Å²) in [5, 5.41) is 12.2. The predicted molar refractivity (Wildman–Crippen MR) is 85.2 cm³/mol. The van der Waals surface area contributed by atoms with Gasteiger partial charge < -0.3 is 10.2 Å². The number of aryl methyl sites for hydroxylation is 1. The summed E-state index contributed by atoms with van der Waals surface area (Å²) in [6, 6.07) is 9.20. The summed E-state index contributed by atoms with van der Waals surface area (Å²) in [6.45, 7) is 3.58. The summed E-state index contributed by atoms with van der Waals surface area (Å²) in [4.78, 5) is 26.5. The molecule has 0 atom stereocenters. The van der Waals surface area contributed by atoms with Gasteiger partial charge in [0.05, 0.1) is 5.57 Å². The standard InChI is InChI=1S/C18H17N3O2/c1-12-4-6-13(7-5-12)16(22)10-14-15(11-19)17(20-18(14)23)21-8-2-3-9-21/h4-7,10H,2-3,8-9H2,1H3,(H,20,23)/b14-10+. The number of benzene rings is 1. The SMILES string of the molecule is Cc1ccc(C(=O)/C=C2/C(=O)NC(N3CCCC3)=C2C#N)cc1. The summed E-state index contributed by atoms with van der Waals surface area (Å²) in [5.74, 6) is -0.118. The van der Waals surface area contributed by atoms with Crippen molar-refractivity contribution in [1.29, 1.82) is 5.26 Å². The van der Waals surface area contributed by atoms with E-state index in [1.807, 2.05) is 24.0 Å². The van der Waals surface area contributed by atoms with E-state index in [-0.39, 0.29) is 22.8 Å². The molecule has 1 amide bonds. The Bertz CT molecular complexity index is 760. The third kappa shape index (κ3) is 2.88. The van der Waals surface area contributed by atoms with Gasteiger partial charge in [-0.05, 0) is 19.8 Å². The van der Waals surface area contributed by atoms with Crippen molar-refractivity contribution in [3.8, 4) is 6.07 Å². The van der Waals surface area contributed by atoms with Crippen LogP contribution in [0.4, 0.5) is 0 Å². The van der Waals surface area contributed by atoms with Gasteiger partial charge >= 0.3 is 0 Å². The number of amides is 1. The fraction of sp³-hybridized carbons (Fsp3) is 0.278. The highest BCUT2D eigenvalue weighted by atomic mass is 16.2. The monoisotopic (exact) mass is 307 g/mol. The lowest BCUT2D eigenvalue weighted by Gasteiger charge is -2.18. The Morgan fingerprint density at radius 2 is 1.91 bits per heavy atom. The van der Waals surface area contributed by atoms with E-state index in [1.165, 1.54) is 6.08 Å². The van der Waals surface area contributed by atoms with Crippen LogP contribution in [0.3, 0.4) is 0 Å². The molecule has 0 bridgehead atoms. The summed E-state index contributed by atoms with van der Waals surface area (Å²) in [5.41, 5.74) is 1.97. The smallest absolute Gasteiger partial charge is 0.258 e. The van der Waals surface area contributed by atoms with Crippen molar-refractivity contribution < 1.29 is 9.59 Å². The zero-order valence-electron chi connectivity index (χ0n) is 12.9. The maximum Gasteiger partial charge on any atom is 0.258 e. The highest BCUT2D eigenvalue weighted by molar-refractivity contribution is 6.13. The quantitative estimate of drug-likeness (QED) is 0.685. The van der Waals surface area contributed by atoms with Gasteiger partial charge in [0.25, 0.3) is 5.91 Å². The van der Waals surface area contributed by atoms with Gasteiger partial charge in [-0.2, -0.15) is 5.26 Å². The van der Waals surface area contributed by atoms with Crippen LogP contribution < -0.4 is 5.32 Å². The van der Waals surface area contributed by atoms with E-state index in [2.05, 4.69) is 11.4 Å². The number of hydrogen-bond acceptors (Lipinski definition) is 4. The van der Waals surface area contributed by atoms with Crippen molar-refractivity contribution in [2.45, 2.75) is 19.8 Å². The van der Waals surface area contributed by atoms with Crippen LogP contribution in [0.25, 0.3) is 0 Å². The largest absolute Gasteiger partial charge is 0.357 e. The first-order chi connectivity index (χ1) is 11.1. The Hall–Kier alpha value is -2.87. The van der Waals surface area contributed by atoms with Gasteiger partial charge in [-0.3, -0.25) is 9.59 Å². The number of allylic oxidation sites excluding steroid dienone is 1. The second-order valence-electron chi connectivity index (χ2n) is 5.77. The summed E-state index contributed by atoms with van der Waals surface area (Å²) >= 11 is 0. The Kier molecular flexibility index (Phi) is 3.98. The number of likely N-dealkylation sites (tertiary alicyclic amines) is 1. The Labute approximate surface area is 134 Å². The van der Waals surface area contributed by atoms with Crippen LogP contribution in [0.1, 0.15) is 28.8 Å². The number of nitrogens with zero attached hydrogens (tertiary/aromatic N) is 2. The minimum Gasteiger partial charge on any atom is -0.357 e. The molecule has 1 saturated heterocycles. The third-order valence-corrected chi connectivity index (χ3v) is 4.13. The van der Waals surface area contributed by atoms with Gasteiger partial charge in [-0.1, -0.05) is 29.8 Å². The molecule has 0 spiro atoms. The number of rotatable bonds is 3. The van der Waals surface area contributed by atoms with Crippen LogP contribution in [-0.2, 0) is 4.79 Å².